The number of anilines is 1. The molecule has 1 fully saturated rings. The van der Waals surface area contributed by atoms with Gasteiger partial charge in [-0.15, -0.1) is 11.3 Å². The third-order valence-corrected chi connectivity index (χ3v) is 8.42. The monoisotopic (exact) mass is 511 g/mol. The maximum Gasteiger partial charge on any atom is 0.280 e. The van der Waals surface area contributed by atoms with Gasteiger partial charge in [0.05, 0.1) is 17.3 Å². The molecule has 0 aliphatic carbocycles. The Morgan fingerprint density at radius 2 is 2.09 bits per heavy atom. The van der Waals surface area contributed by atoms with E-state index in [1.165, 1.54) is 30.5 Å². The minimum Gasteiger partial charge on any atom is -0.325 e. The van der Waals surface area contributed by atoms with Gasteiger partial charge in [-0.25, -0.2) is 4.39 Å². The molecule has 3 aromatic rings. The highest BCUT2D eigenvalue weighted by Crippen LogP contribution is 2.35. The second kappa shape index (κ2) is 9.15. The molecule has 12 heteroatoms. The van der Waals surface area contributed by atoms with Gasteiger partial charge in [-0.05, 0) is 55.5 Å². The van der Waals surface area contributed by atoms with Crippen molar-refractivity contribution >= 4 is 44.7 Å². The lowest BCUT2D eigenvalue weighted by Gasteiger charge is -2.35. The number of likely N-dealkylation sites (N-methyl/N-ethyl adjacent to an activating group) is 1. The van der Waals surface area contributed by atoms with Crippen molar-refractivity contribution in [1.82, 2.24) is 18.8 Å². The van der Waals surface area contributed by atoms with E-state index in [1.807, 2.05) is 36.2 Å². The van der Waals surface area contributed by atoms with Gasteiger partial charge >= 0.3 is 0 Å². The van der Waals surface area contributed by atoms with E-state index in [9.17, 15) is 17.6 Å². The summed E-state index contributed by atoms with van der Waals surface area (Å²) in [5.74, 6) is -1.13. The third-order valence-electron chi connectivity index (χ3n) is 5.49. The van der Waals surface area contributed by atoms with Crippen molar-refractivity contribution in [2.75, 3.05) is 12.4 Å². The number of amides is 1. The molecule has 2 aromatic heterocycles. The van der Waals surface area contributed by atoms with Gasteiger partial charge in [0.2, 0.25) is 5.91 Å². The highest BCUT2D eigenvalue weighted by Gasteiger charge is 2.41. The zero-order valence-electron chi connectivity index (χ0n) is 18.1. The van der Waals surface area contributed by atoms with Crippen LogP contribution in [0.4, 0.5) is 10.1 Å². The lowest BCUT2D eigenvalue weighted by molar-refractivity contribution is -0.120. The Morgan fingerprint density at radius 3 is 2.76 bits per heavy atom. The molecule has 2 N–H and O–H groups in total. The quantitative estimate of drug-likeness (QED) is 0.536. The van der Waals surface area contributed by atoms with Crippen LogP contribution in [-0.2, 0) is 15.0 Å². The van der Waals surface area contributed by atoms with E-state index in [2.05, 4.69) is 15.1 Å². The topological polar surface area (TPSA) is 96.3 Å². The van der Waals surface area contributed by atoms with Crippen LogP contribution in [0, 0.1) is 5.82 Å². The number of rotatable bonds is 5. The van der Waals surface area contributed by atoms with Gasteiger partial charge in [0, 0.05) is 35.4 Å². The fourth-order valence-electron chi connectivity index (χ4n) is 3.55. The molecule has 176 valence electrons. The van der Waals surface area contributed by atoms with Crippen LogP contribution in [0.2, 0.25) is 5.02 Å². The van der Waals surface area contributed by atoms with Crippen molar-refractivity contribution in [2.24, 2.45) is 0 Å². The van der Waals surface area contributed by atoms with Crippen LogP contribution in [0.5, 0.6) is 0 Å². The van der Waals surface area contributed by atoms with Crippen molar-refractivity contribution in [1.29, 1.82) is 0 Å². The average molecular weight is 512 g/mol. The molecular weight excluding hydrogens is 489 g/mol. The summed E-state index contributed by atoms with van der Waals surface area (Å²) in [7, 11) is -2.55. The fraction of sp³-hybridized carbons (Fsp3) is 0.333. The standard InChI is InChI=1S/C21H23ClFN5O3S2/c1-12(2)28-10-14(9-24-28)13-6-20(32-11-13)18-8-19(27(3)33(30,31)26-18)21(29)25-15-4-5-17(23)16(22)7-15/h4-7,9-12,18-19,26H,8H2,1-3H3,(H,25,29)/t18-,19+/m1/s1. The van der Waals surface area contributed by atoms with Crippen molar-refractivity contribution in [3.05, 3.63) is 57.8 Å². The zero-order valence-corrected chi connectivity index (χ0v) is 20.5. The molecule has 2 atom stereocenters. The Morgan fingerprint density at radius 1 is 1.33 bits per heavy atom. The zero-order chi connectivity index (χ0) is 23.9. The van der Waals surface area contributed by atoms with Crippen LogP contribution >= 0.6 is 22.9 Å². The van der Waals surface area contributed by atoms with E-state index < -0.39 is 34.0 Å². The van der Waals surface area contributed by atoms with E-state index in [-0.39, 0.29) is 23.2 Å². The van der Waals surface area contributed by atoms with Crippen molar-refractivity contribution < 1.29 is 17.6 Å². The second-order valence-corrected chi connectivity index (χ2v) is 11.2. The molecular formula is C21H23ClFN5O3S2. The van der Waals surface area contributed by atoms with Gasteiger partial charge < -0.3 is 5.32 Å². The third kappa shape index (κ3) is 4.97. The molecule has 8 nitrogen and oxygen atoms in total. The molecule has 0 saturated carbocycles. The first-order chi connectivity index (χ1) is 15.5. The van der Waals surface area contributed by atoms with Crippen molar-refractivity contribution in [2.45, 2.75) is 38.4 Å². The summed E-state index contributed by atoms with van der Waals surface area (Å²) < 4.78 is 44.4. The number of carbonyl (C=O) groups excluding carboxylic acids is 1. The summed E-state index contributed by atoms with van der Waals surface area (Å²) in [5, 5.41) is 8.79. The van der Waals surface area contributed by atoms with Crippen LogP contribution in [-0.4, -0.2) is 41.5 Å². The first kappa shape index (κ1) is 23.8. The number of benzene rings is 1. The molecule has 3 heterocycles. The van der Waals surface area contributed by atoms with Crippen LogP contribution in [0.3, 0.4) is 0 Å². The van der Waals surface area contributed by atoms with Gasteiger partial charge in [-0.1, -0.05) is 11.6 Å². The molecule has 0 bridgehead atoms. The van der Waals surface area contributed by atoms with Gasteiger partial charge in [0.1, 0.15) is 11.9 Å². The number of halogens is 2. The summed E-state index contributed by atoms with van der Waals surface area (Å²) in [6.07, 6.45) is 3.94. The molecule has 1 amide bonds. The number of carbonyl (C=O) groups is 1. The van der Waals surface area contributed by atoms with Gasteiger partial charge in [0.15, 0.2) is 0 Å². The predicted octanol–water partition coefficient (Wildman–Crippen LogP) is 4.20. The van der Waals surface area contributed by atoms with E-state index in [0.29, 0.717) is 0 Å². The molecule has 4 rings (SSSR count). The van der Waals surface area contributed by atoms with Crippen LogP contribution in [0.1, 0.15) is 37.2 Å². The molecule has 0 unspecified atom stereocenters. The molecule has 1 aliphatic heterocycles. The van der Waals surface area contributed by atoms with E-state index in [1.54, 1.807) is 6.20 Å². The lowest BCUT2D eigenvalue weighted by Crippen LogP contribution is -2.55. The van der Waals surface area contributed by atoms with Gasteiger partial charge in [0.25, 0.3) is 10.2 Å². The number of thiophene rings is 1. The number of nitrogens with zero attached hydrogens (tertiary/aromatic N) is 3. The first-order valence-electron chi connectivity index (χ1n) is 10.2. The van der Waals surface area contributed by atoms with Gasteiger partial charge in [-0.2, -0.15) is 22.5 Å². The van der Waals surface area contributed by atoms with Crippen LogP contribution in [0.25, 0.3) is 11.1 Å². The molecule has 0 spiro atoms. The highest BCUT2D eigenvalue weighted by atomic mass is 35.5. The number of aromatic nitrogens is 2. The fourth-order valence-corrected chi connectivity index (χ4v) is 6.06. The molecule has 1 aliphatic rings. The summed E-state index contributed by atoms with van der Waals surface area (Å²) in [6, 6.07) is 4.40. The maximum absolute atomic E-state index is 13.4. The largest absolute Gasteiger partial charge is 0.325 e. The smallest absolute Gasteiger partial charge is 0.280 e. The Hall–Kier alpha value is -2.31. The van der Waals surface area contributed by atoms with Crippen molar-refractivity contribution in [3.63, 3.8) is 0 Å². The highest BCUT2D eigenvalue weighted by molar-refractivity contribution is 7.87. The molecule has 1 saturated heterocycles. The number of nitrogens with one attached hydrogen (secondary N) is 2. The SMILES string of the molecule is CC(C)n1cc(-c2csc([C@H]3C[C@@H](C(=O)Nc4ccc(F)c(Cl)c4)N(C)S(=O)(=O)N3)c2)cn1. The maximum atomic E-state index is 13.4. The Kier molecular flexibility index (Phi) is 6.61. The normalized spacial score (nSPS) is 20.8. The minimum atomic E-state index is -3.90. The molecule has 1 aromatic carbocycles. The summed E-state index contributed by atoms with van der Waals surface area (Å²) >= 11 is 7.20. The summed E-state index contributed by atoms with van der Waals surface area (Å²) in [4.78, 5) is 13.7. The van der Waals surface area contributed by atoms with E-state index >= 15 is 0 Å². The Bertz CT molecular complexity index is 1290. The van der Waals surface area contributed by atoms with Crippen LogP contribution < -0.4 is 10.0 Å². The lowest BCUT2D eigenvalue weighted by atomic mass is 10.0. The minimum absolute atomic E-state index is 0.135. The van der Waals surface area contributed by atoms with E-state index in [4.69, 9.17) is 11.6 Å². The Labute approximate surface area is 200 Å². The molecule has 33 heavy (non-hydrogen) atoms. The number of hydrogen-bond donors (Lipinski definition) is 2. The van der Waals surface area contributed by atoms with E-state index in [0.717, 1.165) is 26.4 Å². The summed E-state index contributed by atoms with van der Waals surface area (Å²) in [6.45, 7) is 4.07. The van der Waals surface area contributed by atoms with Crippen LogP contribution in [0.15, 0.2) is 42.0 Å². The predicted molar refractivity (Wildman–Crippen MR) is 127 cm³/mol. The second-order valence-electron chi connectivity index (χ2n) is 8.10. The Balaban J connectivity index is 1.55. The number of hydrogen-bond acceptors (Lipinski definition) is 5. The van der Waals surface area contributed by atoms with Crippen molar-refractivity contribution in [3.8, 4) is 11.1 Å². The van der Waals surface area contributed by atoms with Gasteiger partial charge in [-0.3, -0.25) is 9.48 Å². The average Bonchev–Trinajstić information content (AvgIpc) is 3.42. The molecule has 0 radical (unpaired) electrons. The summed E-state index contributed by atoms with van der Waals surface area (Å²) in [5.41, 5.74) is 2.15. The first-order valence-corrected chi connectivity index (χ1v) is 12.9.